The molecular weight excluding hydrogens is 501 g/mol. The molecule has 6 rings (SSSR count). The lowest BCUT2D eigenvalue weighted by molar-refractivity contribution is -0.0499. The molecule has 184 valence electrons. The van der Waals surface area contributed by atoms with E-state index in [1.807, 2.05) is 71.3 Å². The molecule has 0 aliphatic heterocycles. The fourth-order valence-electron chi connectivity index (χ4n) is 4.63. The first kappa shape index (κ1) is 23.1. The standard InChI is InChI=1S/C28H17F3N2O3S/c29-28(30,31)37(34,35)36-26-17-25-27(21-11-5-4-10-20(21)26)22-14-13-18(23-12-6-7-15-32-23)16-24(22)33(25)19-8-2-1-3-9-19/h1-17H. The third-order valence-corrected chi connectivity index (χ3v) is 7.16. The van der Waals surface area contributed by atoms with Gasteiger partial charge in [-0.3, -0.25) is 4.98 Å². The van der Waals surface area contributed by atoms with Gasteiger partial charge in [0.15, 0.2) is 5.75 Å². The number of aromatic nitrogens is 2. The van der Waals surface area contributed by atoms with E-state index in [-0.39, 0.29) is 5.39 Å². The van der Waals surface area contributed by atoms with Crippen LogP contribution < -0.4 is 4.18 Å². The highest BCUT2D eigenvalue weighted by Gasteiger charge is 2.48. The highest BCUT2D eigenvalue weighted by molar-refractivity contribution is 7.88. The lowest BCUT2D eigenvalue weighted by atomic mass is 10.0. The molecule has 0 aliphatic rings. The second-order valence-corrected chi connectivity index (χ2v) is 9.95. The molecule has 0 N–H and O–H groups in total. The van der Waals surface area contributed by atoms with Gasteiger partial charge in [0, 0.05) is 39.7 Å². The minimum Gasteiger partial charge on any atom is -0.375 e. The van der Waals surface area contributed by atoms with Crippen LogP contribution in [-0.2, 0) is 10.1 Å². The zero-order valence-corrected chi connectivity index (χ0v) is 19.8. The van der Waals surface area contributed by atoms with Crippen LogP contribution >= 0.6 is 0 Å². The number of rotatable bonds is 4. The van der Waals surface area contributed by atoms with Crippen LogP contribution in [0.3, 0.4) is 0 Å². The Morgan fingerprint density at radius 1 is 0.730 bits per heavy atom. The molecule has 6 aromatic rings. The number of halogens is 3. The molecule has 0 amide bonds. The molecule has 5 nitrogen and oxygen atoms in total. The van der Waals surface area contributed by atoms with Gasteiger partial charge in [-0.15, -0.1) is 0 Å². The van der Waals surface area contributed by atoms with Crippen molar-refractivity contribution < 1.29 is 25.8 Å². The molecule has 0 saturated carbocycles. The van der Waals surface area contributed by atoms with Crippen molar-refractivity contribution in [2.45, 2.75) is 5.51 Å². The van der Waals surface area contributed by atoms with Crippen LogP contribution in [0.1, 0.15) is 0 Å². The second-order valence-electron chi connectivity index (χ2n) is 8.42. The summed E-state index contributed by atoms with van der Waals surface area (Å²) in [7, 11) is -5.88. The average molecular weight is 519 g/mol. The van der Waals surface area contributed by atoms with Gasteiger partial charge in [-0.25, -0.2) is 0 Å². The van der Waals surface area contributed by atoms with Gasteiger partial charge in [0.05, 0.1) is 16.7 Å². The van der Waals surface area contributed by atoms with Gasteiger partial charge < -0.3 is 8.75 Å². The summed E-state index contributed by atoms with van der Waals surface area (Å²) in [6.45, 7) is 0. The number of para-hydroxylation sites is 1. The van der Waals surface area contributed by atoms with Crippen molar-refractivity contribution in [2.24, 2.45) is 0 Å². The van der Waals surface area contributed by atoms with E-state index >= 15 is 0 Å². The topological polar surface area (TPSA) is 61.2 Å². The first-order valence-corrected chi connectivity index (χ1v) is 12.6. The van der Waals surface area contributed by atoms with Gasteiger partial charge in [0.1, 0.15) is 0 Å². The van der Waals surface area contributed by atoms with Gasteiger partial charge in [-0.05, 0) is 35.7 Å². The highest BCUT2D eigenvalue weighted by Crippen LogP contribution is 2.43. The van der Waals surface area contributed by atoms with Crippen molar-refractivity contribution in [2.75, 3.05) is 0 Å². The maximum absolute atomic E-state index is 13.2. The van der Waals surface area contributed by atoms with E-state index in [9.17, 15) is 21.6 Å². The van der Waals surface area contributed by atoms with Crippen LogP contribution in [0, 0.1) is 0 Å². The van der Waals surface area contributed by atoms with Crippen molar-refractivity contribution in [3.05, 3.63) is 103 Å². The Bertz CT molecular complexity index is 1900. The molecular formula is C28H17F3N2O3S. The Morgan fingerprint density at radius 2 is 1.43 bits per heavy atom. The van der Waals surface area contributed by atoms with Crippen LogP contribution in [0.5, 0.6) is 5.75 Å². The molecule has 0 saturated heterocycles. The summed E-state index contributed by atoms with van der Waals surface area (Å²) in [6.07, 6.45) is 1.70. The fourth-order valence-corrected chi connectivity index (χ4v) is 5.10. The molecule has 0 fully saturated rings. The third-order valence-electron chi connectivity index (χ3n) is 6.19. The Labute approximate surface area is 209 Å². The number of alkyl halides is 3. The van der Waals surface area contributed by atoms with E-state index in [2.05, 4.69) is 4.98 Å². The number of fused-ring (bicyclic) bond motifs is 5. The maximum atomic E-state index is 13.2. The molecule has 0 bridgehead atoms. The molecule has 4 aromatic carbocycles. The Hall–Kier alpha value is -4.37. The SMILES string of the molecule is O=S(=O)(Oc1cc2c(c3ccccc13)c1ccc(-c3ccccn3)cc1n2-c1ccccc1)C(F)(F)F. The summed E-state index contributed by atoms with van der Waals surface area (Å²) in [4.78, 5) is 4.44. The summed E-state index contributed by atoms with van der Waals surface area (Å²) in [6, 6.07) is 28.8. The summed E-state index contributed by atoms with van der Waals surface area (Å²) < 4.78 is 70.2. The van der Waals surface area contributed by atoms with E-state index in [1.165, 1.54) is 6.07 Å². The van der Waals surface area contributed by atoms with Gasteiger partial charge in [-0.1, -0.05) is 60.7 Å². The third kappa shape index (κ3) is 3.79. The lowest BCUT2D eigenvalue weighted by Crippen LogP contribution is -2.28. The number of pyridine rings is 1. The van der Waals surface area contributed by atoms with Crippen LogP contribution in [-0.4, -0.2) is 23.5 Å². The van der Waals surface area contributed by atoms with E-state index in [4.69, 9.17) is 4.18 Å². The predicted octanol–water partition coefficient (Wildman–Crippen LogP) is 7.23. The van der Waals surface area contributed by atoms with Crippen LogP contribution in [0.4, 0.5) is 13.2 Å². The predicted molar refractivity (Wildman–Crippen MR) is 137 cm³/mol. The van der Waals surface area contributed by atoms with E-state index in [0.29, 0.717) is 10.9 Å². The Balaban J connectivity index is 1.74. The lowest BCUT2D eigenvalue weighted by Gasteiger charge is -2.13. The number of hydrogen-bond acceptors (Lipinski definition) is 4. The molecule has 0 atom stereocenters. The summed E-state index contributed by atoms with van der Waals surface area (Å²) >= 11 is 0. The largest absolute Gasteiger partial charge is 0.534 e. The smallest absolute Gasteiger partial charge is 0.375 e. The maximum Gasteiger partial charge on any atom is 0.534 e. The Kier molecular flexibility index (Phi) is 5.20. The van der Waals surface area contributed by atoms with Crippen molar-refractivity contribution in [1.29, 1.82) is 0 Å². The Morgan fingerprint density at radius 3 is 2.14 bits per heavy atom. The van der Waals surface area contributed by atoms with Crippen LogP contribution in [0.15, 0.2) is 103 Å². The zero-order valence-electron chi connectivity index (χ0n) is 19.0. The number of benzene rings is 4. The minimum absolute atomic E-state index is 0.253. The molecule has 2 aromatic heterocycles. The van der Waals surface area contributed by atoms with Crippen molar-refractivity contribution in [1.82, 2.24) is 9.55 Å². The minimum atomic E-state index is -5.88. The quantitative estimate of drug-likeness (QED) is 0.183. The molecule has 0 aliphatic carbocycles. The second kappa shape index (κ2) is 8.35. The highest BCUT2D eigenvalue weighted by atomic mass is 32.2. The first-order chi connectivity index (χ1) is 17.7. The molecule has 0 spiro atoms. The summed E-state index contributed by atoms with van der Waals surface area (Å²) in [5.41, 5.74) is -1.91. The molecule has 0 unspecified atom stereocenters. The van der Waals surface area contributed by atoms with Crippen molar-refractivity contribution in [3.8, 4) is 22.7 Å². The van der Waals surface area contributed by atoms with Gasteiger partial charge in [0.25, 0.3) is 0 Å². The normalized spacial score (nSPS) is 12.4. The zero-order chi connectivity index (χ0) is 25.8. The summed E-state index contributed by atoms with van der Waals surface area (Å²) in [5, 5.41) is 2.43. The van der Waals surface area contributed by atoms with Crippen molar-refractivity contribution >= 4 is 42.7 Å². The van der Waals surface area contributed by atoms with E-state index < -0.39 is 21.4 Å². The summed E-state index contributed by atoms with van der Waals surface area (Å²) in [5.74, 6) is -0.398. The molecule has 9 heteroatoms. The van der Waals surface area contributed by atoms with Gasteiger partial charge in [0.2, 0.25) is 0 Å². The van der Waals surface area contributed by atoms with Gasteiger partial charge >= 0.3 is 15.6 Å². The fraction of sp³-hybridized carbons (Fsp3) is 0.0357. The monoisotopic (exact) mass is 518 g/mol. The first-order valence-electron chi connectivity index (χ1n) is 11.2. The van der Waals surface area contributed by atoms with Crippen LogP contribution in [0.2, 0.25) is 0 Å². The average Bonchev–Trinajstić information content (AvgIpc) is 3.22. The van der Waals surface area contributed by atoms with Crippen LogP contribution in [0.25, 0.3) is 49.5 Å². The van der Waals surface area contributed by atoms with Crippen molar-refractivity contribution in [3.63, 3.8) is 0 Å². The number of hydrogen-bond donors (Lipinski definition) is 0. The van der Waals surface area contributed by atoms with E-state index in [0.717, 1.165) is 33.2 Å². The number of nitrogens with zero attached hydrogens (tertiary/aromatic N) is 2. The molecule has 2 heterocycles. The molecule has 0 radical (unpaired) electrons. The molecule has 37 heavy (non-hydrogen) atoms. The van der Waals surface area contributed by atoms with Gasteiger partial charge in [-0.2, -0.15) is 21.6 Å². The van der Waals surface area contributed by atoms with E-state index in [1.54, 1.807) is 30.5 Å².